The fourth-order valence-electron chi connectivity index (χ4n) is 1.44. The van der Waals surface area contributed by atoms with Crippen LogP contribution in [0.2, 0.25) is 0 Å². The lowest BCUT2D eigenvalue weighted by molar-refractivity contribution is 0.600. The molecule has 2 heterocycles. The van der Waals surface area contributed by atoms with E-state index < -0.39 is 10.0 Å². The van der Waals surface area contributed by atoms with E-state index in [0.29, 0.717) is 5.82 Å². The van der Waals surface area contributed by atoms with Crippen LogP contribution >= 0.6 is 11.3 Å². The Labute approximate surface area is 121 Å². The van der Waals surface area contributed by atoms with Crippen LogP contribution in [0.15, 0.2) is 23.2 Å². The zero-order valence-electron chi connectivity index (χ0n) is 11.1. The van der Waals surface area contributed by atoms with Crippen molar-refractivity contribution in [3.63, 3.8) is 0 Å². The zero-order chi connectivity index (χ0) is 14.6. The number of pyridine rings is 1. The molecule has 20 heavy (non-hydrogen) atoms. The van der Waals surface area contributed by atoms with E-state index in [2.05, 4.69) is 25.2 Å². The summed E-state index contributed by atoms with van der Waals surface area (Å²) in [5.41, 5.74) is 0. The molecule has 0 unspecified atom stereocenters. The lowest BCUT2D eigenvalue weighted by Gasteiger charge is -2.06. The molecule has 0 amide bonds. The average molecular weight is 313 g/mol. The van der Waals surface area contributed by atoms with Gasteiger partial charge in [0.25, 0.3) is 10.0 Å². The maximum Gasteiger partial charge on any atom is 0.265 e. The van der Waals surface area contributed by atoms with Crippen LogP contribution in [0.4, 0.5) is 10.9 Å². The number of aromatic nitrogens is 3. The SMILES string of the molecule is CCNc1ccc(S(=O)(=O)Nc2nnc(CC)s2)cn1. The van der Waals surface area contributed by atoms with Crippen LogP contribution in [0.3, 0.4) is 0 Å². The smallest absolute Gasteiger partial charge is 0.265 e. The van der Waals surface area contributed by atoms with E-state index in [-0.39, 0.29) is 10.0 Å². The molecule has 2 rings (SSSR count). The van der Waals surface area contributed by atoms with Gasteiger partial charge in [0.1, 0.15) is 15.7 Å². The summed E-state index contributed by atoms with van der Waals surface area (Å²) in [4.78, 5) is 4.12. The molecular formula is C11H15N5O2S2. The number of rotatable bonds is 6. The minimum atomic E-state index is -3.67. The fraction of sp³-hybridized carbons (Fsp3) is 0.364. The highest BCUT2D eigenvalue weighted by molar-refractivity contribution is 7.93. The third kappa shape index (κ3) is 3.42. The molecule has 108 valence electrons. The Kier molecular flexibility index (Phi) is 4.50. The molecule has 0 saturated carbocycles. The Morgan fingerprint density at radius 1 is 1.25 bits per heavy atom. The maximum absolute atomic E-state index is 12.1. The second-order valence-corrected chi connectivity index (χ2v) is 6.61. The molecule has 0 radical (unpaired) electrons. The van der Waals surface area contributed by atoms with Gasteiger partial charge in [-0.15, -0.1) is 10.2 Å². The third-order valence-electron chi connectivity index (χ3n) is 2.40. The fourth-order valence-corrected chi connectivity index (χ4v) is 3.29. The summed E-state index contributed by atoms with van der Waals surface area (Å²) in [5.74, 6) is 0.635. The highest BCUT2D eigenvalue weighted by Gasteiger charge is 2.17. The van der Waals surface area contributed by atoms with Crippen molar-refractivity contribution in [3.05, 3.63) is 23.3 Å². The highest BCUT2D eigenvalue weighted by atomic mass is 32.2. The van der Waals surface area contributed by atoms with E-state index in [1.807, 2.05) is 13.8 Å². The molecule has 0 aliphatic heterocycles. The first-order valence-electron chi connectivity index (χ1n) is 6.10. The number of aryl methyl sites for hydroxylation is 1. The van der Waals surface area contributed by atoms with E-state index in [0.717, 1.165) is 18.0 Å². The molecular weight excluding hydrogens is 298 g/mol. The summed E-state index contributed by atoms with van der Waals surface area (Å²) >= 11 is 1.22. The first kappa shape index (κ1) is 14.7. The van der Waals surface area contributed by atoms with Gasteiger partial charge in [0.2, 0.25) is 5.13 Å². The lowest BCUT2D eigenvalue weighted by Crippen LogP contribution is -2.13. The van der Waals surface area contributed by atoms with Crippen LogP contribution in [-0.4, -0.2) is 30.1 Å². The lowest BCUT2D eigenvalue weighted by atomic mass is 10.4. The predicted molar refractivity (Wildman–Crippen MR) is 78.5 cm³/mol. The van der Waals surface area contributed by atoms with Gasteiger partial charge in [0, 0.05) is 12.7 Å². The van der Waals surface area contributed by atoms with E-state index in [4.69, 9.17) is 0 Å². The molecule has 0 saturated heterocycles. The van der Waals surface area contributed by atoms with Gasteiger partial charge in [-0.25, -0.2) is 13.4 Å². The maximum atomic E-state index is 12.1. The number of sulfonamides is 1. The molecule has 7 nitrogen and oxygen atoms in total. The molecule has 0 atom stereocenters. The van der Waals surface area contributed by atoms with Crippen LogP contribution in [-0.2, 0) is 16.4 Å². The molecule has 9 heteroatoms. The minimum absolute atomic E-state index is 0.0902. The van der Waals surface area contributed by atoms with Crippen molar-refractivity contribution in [1.29, 1.82) is 0 Å². The molecule has 0 aliphatic carbocycles. The normalized spacial score (nSPS) is 11.3. The summed E-state index contributed by atoms with van der Waals surface area (Å²) < 4.78 is 26.7. The van der Waals surface area contributed by atoms with Gasteiger partial charge in [0.05, 0.1) is 0 Å². The third-order valence-corrected chi connectivity index (χ3v) is 4.83. The van der Waals surface area contributed by atoms with Gasteiger partial charge in [-0.1, -0.05) is 18.3 Å². The number of nitrogens with one attached hydrogen (secondary N) is 2. The van der Waals surface area contributed by atoms with Gasteiger partial charge >= 0.3 is 0 Å². The van der Waals surface area contributed by atoms with E-state index in [1.165, 1.54) is 23.6 Å². The van der Waals surface area contributed by atoms with Gasteiger partial charge in [-0.05, 0) is 25.5 Å². The predicted octanol–water partition coefficient (Wildman–Crippen LogP) is 1.73. The summed E-state index contributed by atoms with van der Waals surface area (Å²) in [7, 11) is -3.67. The van der Waals surface area contributed by atoms with E-state index >= 15 is 0 Å². The van der Waals surface area contributed by atoms with Crippen molar-refractivity contribution in [3.8, 4) is 0 Å². The van der Waals surface area contributed by atoms with Crippen molar-refractivity contribution in [1.82, 2.24) is 15.2 Å². The van der Waals surface area contributed by atoms with Crippen molar-refractivity contribution >= 4 is 32.3 Å². The van der Waals surface area contributed by atoms with Crippen LogP contribution in [0.1, 0.15) is 18.9 Å². The van der Waals surface area contributed by atoms with Gasteiger partial charge in [0.15, 0.2) is 0 Å². The van der Waals surface area contributed by atoms with Crippen LogP contribution in [0, 0.1) is 0 Å². The van der Waals surface area contributed by atoms with Crippen molar-refractivity contribution < 1.29 is 8.42 Å². The summed E-state index contributed by atoms with van der Waals surface area (Å²) in [6.45, 7) is 4.60. The van der Waals surface area contributed by atoms with Crippen molar-refractivity contribution in [2.75, 3.05) is 16.6 Å². The van der Waals surface area contributed by atoms with Crippen LogP contribution in [0.5, 0.6) is 0 Å². The number of anilines is 2. The average Bonchev–Trinajstić information content (AvgIpc) is 2.87. The largest absolute Gasteiger partial charge is 0.370 e. The van der Waals surface area contributed by atoms with E-state index in [1.54, 1.807) is 6.07 Å². The summed E-state index contributed by atoms with van der Waals surface area (Å²) in [5, 5.41) is 11.7. The second kappa shape index (κ2) is 6.14. The Bertz CT molecular complexity index is 666. The first-order chi connectivity index (χ1) is 9.55. The molecule has 2 aromatic heterocycles. The van der Waals surface area contributed by atoms with E-state index in [9.17, 15) is 8.42 Å². The van der Waals surface area contributed by atoms with Gasteiger partial charge < -0.3 is 5.32 Å². The minimum Gasteiger partial charge on any atom is -0.370 e. The Morgan fingerprint density at radius 2 is 2.05 bits per heavy atom. The molecule has 0 aliphatic rings. The highest BCUT2D eigenvalue weighted by Crippen LogP contribution is 2.20. The quantitative estimate of drug-likeness (QED) is 0.843. The Morgan fingerprint density at radius 3 is 2.60 bits per heavy atom. The zero-order valence-corrected chi connectivity index (χ0v) is 12.8. The standard InChI is InChI=1S/C11H15N5O2S2/c1-3-10-14-15-11(19-10)16-20(17,18)8-5-6-9(12-4-2)13-7-8/h5-7H,3-4H2,1-2H3,(H,12,13)(H,15,16). The summed E-state index contributed by atoms with van der Waals surface area (Å²) in [6.07, 6.45) is 2.03. The monoisotopic (exact) mass is 313 g/mol. The Hall–Kier alpha value is -1.74. The number of hydrogen-bond acceptors (Lipinski definition) is 7. The van der Waals surface area contributed by atoms with Crippen LogP contribution < -0.4 is 10.0 Å². The number of hydrogen-bond donors (Lipinski definition) is 2. The van der Waals surface area contributed by atoms with Crippen LogP contribution in [0.25, 0.3) is 0 Å². The Balaban J connectivity index is 2.17. The first-order valence-corrected chi connectivity index (χ1v) is 8.40. The van der Waals surface area contributed by atoms with Gasteiger partial charge in [-0.2, -0.15) is 0 Å². The second-order valence-electron chi connectivity index (χ2n) is 3.87. The molecule has 0 spiro atoms. The molecule has 2 aromatic rings. The van der Waals surface area contributed by atoms with Crippen molar-refractivity contribution in [2.24, 2.45) is 0 Å². The van der Waals surface area contributed by atoms with Gasteiger partial charge in [-0.3, -0.25) is 4.72 Å². The van der Waals surface area contributed by atoms with Crippen molar-refractivity contribution in [2.45, 2.75) is 25.2 Å². The number of nitrogens with zero attached hydrogens (tertiary/aromatic N) is 3. The molecule has 0 aromatic carbocycles. The molecule has 0 fully saturated rings. The molecule has 0 bridgehead atoms. The molecule has 2 N–H and O–H groups in total. The topological polar surface area (TPSA) is 96.9 Å². The summed E-state index contributed by atoms with van der Waals surface area (Å²) in [6, 6.07) is 3.12.